The minimum absolute atomic E-state index is 0.0240. The summed E-state index contributed by atoms with van der Waals surface area (Å²) in [6.45, 7) is 2.03. The Balaban J connectivity index is 2.23. The van der Waals surface area contributed by atoms with Gasteiger partial charge in [-0.3, -0.25) is 4.79 Å². The van der Waals surface area contributed by atoms with Crippen LogP contribution in [-0.2, 0) is 6.42 Å². The minimum Gasteiger partial charge on any atom is -0.497 e. The first kappa shape index (κ1) is 16.7. The molecule has 0 aliphatic carbocycles. The predicted octanol–water partition coefficient (Wildman–Crippen LogP) is 2.55. The topological polar surface area (TPSA) is 101 Å². The summed E-state index contributed by atoms with van der Waals surface area (Å²) < 4.78 is 10.9. The second-order valence-corrected chi connectivity index (χ2v) is 5.85. The fraction of sp³-hybridized carbons (Fsp3) is 0.263. The number of pyridine rings is 1. The van der Waals surface area contributed by atoms with E-state index < -0.39 is 5.92 Å². The maximum Gasteiger partial charge on any atom is 0.256 e. The zero-order valence-electron chi connectivity index (χ0n) is 14.1. The normalized spacial score (nSPS) is 16.0. The predicted molar refractivity (Wildman–Crippen MR) is 93.3 cm³/mol. The molecule has 0 amide bonds. The molecular formula is C19H19N3O3. The number of nitrogens with one attached hydrogen (secondary N) is 1. The molecule has 0 saturated heterocycles. The highest BCUT2D eigenvalue weighted by Gasteiger charge is 2.33. The third-order valence-corrected chi connectivity index (χ3v) is 4.22. The number of hydrogen-bond donors (Lipinski definition) is 2. The van der Waals surface area contributed by atoms with Gasteiger partial charge >= 0.3 is 0 Å². The van der Waals surface area contributed by atoms with Gasteiger partial charge in [-0.05, 0) is 24.1 Å². The third kappa shape index (κ3) is 2.96. The van der Waals surface area contributed by atoms with Crippen molar-refractivity contribution in [2.24, 2.45) is 5.73 Å². The average Bonchev–Trinajstić information content (AvgIpc) is 2.60. The number of ether oxygens (including phenoxy) is 2. The Morgan fingerprint density at radius 1 is 1.40 bits per heavy atom. The Morgan fingerprint density at radius 2 is 2.20 bits per heavy atom. The molecule has 0 radical (unpaired) electrons. The lowest BCUT2D eigenvalue weighted by Crippen LogP contribution is -2.28. The van der Waals surface area contributed by atoms with E-state index in [1.54, 1.807) is 25.3 Å². The van der Waals surface area contributed by atoms with E-state index in [9.17, 15) is 10.1 Å². The Labute approximate surface area is 145 Å². The van der Waals surface area contributed by atoms with Gasteiger partial charge in [0.25, 0.3) is 5.56 Å². The monoisotopic (exact) mass is 337 g/mol. The Morgan fingerprint density at radius 3 is 2.88 bits per heavy atom. The van der Waals surface area contributed by atoms with Gasteiger partial charge in [-0.15, -0.1) is 0 Å². The van der Waals surface area contributed by atoms with Gasteiger partial charge in [0.15, 0.2) is 0 Å². The minimum atomic E-state index is -0.594. The molecule has 25 heavy (non-hydrogen) atoms. The molecular weight excluding hydrogens is 318 g/mol. The average molecular weight is 337 g/mol. The number of nitriles is 1. The second kappa shape index (κ2) is 6.73. The number of aryl methyl sites for hydroxylation is 1. The summed E-state index contributed by atoms with van der Waals surface area (Å²) in [6, 6.07) is 11.1. The van der Waals surface area contributed by atoms with Gasteiger partial charge in [-0.2, -0.15) is 5.26 Å². The van der Waals surface area contributed by atoms with Gasteiger partial charge in [0.2, 0.25) is 5.88 Å². The highest BCUT2D eigenvalue weighted by atomic mass is 16.5. The molecule has 0 bridgehead atoms. The highest BCUT2D eigenvalue weighted by molar-refractivity contribution is 5.55. The van der Waals surface area contributed by atoms with Gasteiger partial charge in [-0.1, -0.05) is 25.5 Å². The Hall–Kier alpha value is -3.20. The van der Waals surface area contributed by atoms with Crippen LogP contribution in [0.25, 0.3) is 0 Å². The number of benzene rings is 1. The summed E-state index contributed by atoms with van der Waals surface area (Å²) in [6.07, 6.45) is 1.62. The SMILES string of the molecule is CCCc1cc2c(c(=O)[nH]1)C(c1cccc(OC)c1)C(C#N)=C(N)O2. The van der Waals surface area contributed by atoms with Crippen LogP contribution in [-0.4, -0.2) is 12.1 Å². The van der Waals surface area contributed by atoms with Crippen molar-refractivity contribution < 1.29 is 9.47 Å². The van der Waals surface area contributed by atoms with Crippen LogP contribution in [0.5, 0.6) is 11.5 Å². The van der Waals surface area contributed by atoms with E-state index in [0.717, 1.165) is 24.1 Å². The zero-order valence-corrected chi connectivity index (χ0v) is 14.1. The number of aromatic nitrogens is 1. The van der Waals surface area contributed by atoms with Crippen LogP contribution in [0.3, 0.4) is 0 Å². The van der Waals surface area contributed by atoms with E-state index in [0.29, 0.717) is 17.1 Å². The van der Waals surface area contributed by atoms with Crippen molar-refractivity contribution >= 4 is 0 Å². The standard InChI is InChI=1S/C19H19N3O3/c1-3-5-12-9-15-17(19(23)22-12)16(14(10-20)18(21)25-15)11-6-4-7-13(8-11)24-2/h4,6-9,16H,3,5,21H2,1-2H3,(H,22,23). The number of nitrogens with two attached hydrogens (primary N) is 1. The van der Waals surface area contributed by atoms with Crippen LogP contribution in [0.2, 0.25) is 0 Å². The summed E-state index contributed by atoms with van der Waals surface area (Å²) in [7, 11) is 1.57. The molecule has 2 aromatic rings. The van der Waals surface area contributed by atoms with E-state index in [1.807, 2.05) is 19.1 Å². The molecule has 0 fully saturated rings. The molecule has 1 aromatic heterocycles. The molecule has 3 rings (SSSR count). The smallest absolute Gasteiger partial charge is 0.256 e. The van der Waals surface area contributed by atoms with E-state index in [-0.39, 0.29) is 17.0 Å². The molecule has 3 N–H and O–H groups in total. The van der Waals surface area contributed by atoms with Gasteiger partial charge in [0.05, 0.1) is 18.6 Å². The number of rotatable bonds is 4. The summed E-state index contributed by atoms with van der Waals surface area (Å²) in [4.78, 5) is 15.6. The van der Waals surface area contributed by atoms with Crippen LogP contribution in [0.4, 0.5) is 0 Å². The number of hydrogen-bond acceptors (Lipinski definition) is 5. The first-order valence-electron chi connectivity index (χ1n) is 8.06. The zero-order chi connectivity index (χ0) is 18.0. The summed E-state index contributed by atoms with van der Waals surface area (Å²) in [5.74, 6) is 0.469. The van der Waals surface area contributed by atoms with Crippen molar-refractivity contribution in [1.82, 2.24) is 4.98 Å². The highest BCUT2D eigenvalue weighted by Crippen LogP contribution is 2.40. The number of methoxy groups -OCH3 is 1. The van der Waals surface area contributed by atoms with Crippen LogP contribution < -0.4 is 20.8 Å². The molecule has 1 atom stereocenters. The van der Waals surface area contributed by atoms with Crippen molar-refractivity contribution in [1.29, 1.82) is 5.26 Å². The molecule has 6 nitrogen and oxygen atoms in total. The maximum atomic E-state index is 12.7. The van der Waals surface area contributed by atoms with Crippen LogP contribution in [0.15, 0.2) is 46.6 Å². The second-order valence-electron chi connectivity index (χ2n) is 5.85. The summed E-state index contributed by atoms with van der Waals surface area (Å²) in [5.41, 5.74) is 7.83. The number of H-pyrrole nitrogens is 1. The molecule has 0 spiro atoms. The van der Waals surface area contributed by atoms with Gasteiger partial charge in [-0.25, -0.2) is 0 Å². The number of aromatic amines is 1. The van der Waals surface area contributed by atoms with Crippen LogP contribution in [0, 0.1) is 11.3 Å². The molecule has 0 saturated carbocycles. The molecule has 1 unspecified atom stereocenters. The molecule has 128 valence electrons. The van der Waals surface area contributed by atoms with Crippen molar-refractivity contribution in [3.05, 3.63) is 69.0 Å². The van der Waals surface area contributed by atoms with E-state index in [1.165, 1.54) is 0 Å². The van der Waals surface area contributed by atoms with Crippen molar-refractivity contribution in [3.8, 4) is 17.6 Å². The fourth-order valence-electron chi connectivity index (χ4n) is 3.09. The van der Waals surface area contributed by atoms with Crippen molar-refractivity contribution in [2.45, 2.75) is 25.7 Å². The van der Waals surface area contributed by atoms with E-state index in [4.69, 9.17) is 15.2 Å². The lowest BCUT2D eigenvalue weighted by atomic mass is 9.84. The van der Waals surface area contributed by atoms with E-state index >= 15 is 0 Å². The summed E-state index contributed by atoms with van der Waals surface area (Å²) in [5, 5.41) is 9.56. The van der Waals surface area contributed by atoms with Gasteiger partial charge in [0, 0.05) is 11.8 Å². The quantitative estimate of drug-likeness (QED) is 0.893. The maximum absolute atomic E-state index is 12.7. The molecule has 6 heteroatoms. The van der Waals surface area contributed by atoms with Crippen molar-refractivity contribution in [2.75, 3.05) is 7.11 Å². The van der Waals surface area contributed by atoms with Crippen LogP contribution >= 0.6 is 0 Å². The van der Waals surface area contributed by atoms with Gasteiger partial charge in [0.1, 0.15) is 23.1 Å². The number of nitrogens with zero attached hydrogens (tertiary/aromatic N) is 1. The molecule has 1 aliphatic rings. The first-order valence-corrected chi connectivity index (χ1v) is 8.06. The number of fused-ring (bicyclic) bond motifs is 1. The largest absolute Gasteiger partial charge is 0.497 e. The third-order valence-electron chi connectivity index (χ3n) is 4.22. The lowest BCUT2D eigenvalue weighted by molar-refractivity contribution is 0.390. The number of allylic oxidation sites excluding steroid dienone is 1. The molecule has 1 aromatic carbocycles. The molecule has 1 aliphatic heterocycles. The first-order chi connectivity index (χ1) is 12.1. The fourth-order valence-corrected chi connectivity index (χ4v) is 3.09. The summed E-state index contributed by atoms with van der Waals surface area (Å²) >= 11 is 0. The molecule has 2 heterocycles. The Kier molecular flexibility index (Phi) is 4.48. The Bertz CT molecular complexity index is 938. The van der Waals surface area contributed by atoms with Crippen molar-refractivity contribution in [3.63, 3.8) is 0 Å². The van der Waals surface area contributed by atoms with Gasteiger partial charge < -0.3 is 20.2 Å². The van der Waals surface area contributed by atoms with Crippen LogP contribution in [0.1, 0.15) is 36.1 Å². The lowest BCUT2D eigenvalue weighted by Gasteiger charge is -2.26. The van der Waals surface area contributed by atoms with E-state index in [2.05, 4.69) is 11.1 Å².